The first-order valence-corrected chi connectivity index (χ1v) is 11.6. The van der Waals surface area contributed by atoms with Crippen LogP contribution in [0.3, 0.4) is 0 Å². The molecule has 0 aliphatic carbocycles. The molecule has 0 radical (unpaired) electrons. The lowest BCUT2D eigenvalue weighted by molar-refractivity contribution is 0.301. The molecule has 0 fully saturated rings. The maximum absolute atomic E-state index is 11.8. The second-order valence-electron chi connectivity index (χ2n) is 6.51. The van der Waals surface area contributed by atoms with E-state index in [9.17, 15) is 23.8 Å². The molecule has 2 atom stereocenters. The van der Waals surface area contributed by atoms with E-state index in [4.69, 9.17) is 0 Å². The van der Waals surface area contributed by atoms with Gasteiger partial charge in [-0.2, -0.15) is 0 Å². The zero-order valence-electron chi connectivity index (χ0n) is 15.8. The highest BCUT2D eigenvalue weighted by Crippen LogP contribution is 2.63. The lowest BCUT2D eigenvalue weighted by Crippen LogP contribution is -2.09. The Morgan fingerprint density at radius 1 is 0.920 bits per heavy atom. The van der Waals surface area contributed by atoms with Gasteiger partial charge in [0.25, 0.3) is 0 Å². The highest BCUT2D eigenvalue weighted by molar-refractivity contribution is 7.71. The monoisotopic (exact) mass is 394 g/mol. The summed E-state index contributed by atoms with van der Waals surface area (Å²) in [6.45, 7) is 8.08. The van der Waals surface area contributed by atoms with Gasteiger partial charge in [-0.15, -0.1) is 0 Å². The predicted octanol–water partition coefficient (Wildman–Crippen LogP) is 5.13. The molecule has 0 aliphatic heterocycles. The molecule has 25 heavy (non-hydrogen) atoms. The van der Waals surface area contributed by atoms with Crippen LogP contribution in [0.1, 0.15) is 59.8 Å². The van der Waals surface area contributed by atoms with E-state index < -0.39 is 20.6 Å². The van der Waals surface area contributed by atoms with Gasteiger partial charge in [0.15, 0.2) is 5.40 Å². The van der Waals surface area contributed by atoms with Crippen molar-refractivity contribution in [3.63, 3.8) is 0 Å². The molecule has 0 saturated carbocycles. The van der Waals surface area contributed by atoms with E-state index >= 15 is 0 Å². The minimum Gasteiger partial charge on any atom is -0.324 e. The van der Waals surface area contributed by atoms with E-state index in [1.54, 1.807) is 6.08 Å². The quantitative estimate of drug-likeness (QED) is 0.331. The minimum absolute atomic E-state index is 0.193. The molecule has 6 nitrogen and oxygen atoms in total. The molecular weight excluding hydrogens is 362 g/mol. The van der Waals surface area contributed by atoms with Gasteiger partial charge in [0.05, 0.1) is 0 Å². The summed E-state index contributed by atoms with van der Waals surface area (Å²) >= 11 is 0. The van der Waals surface area contributed by atoms with Crippen LogP contribution >= 0.6 is 15.2 Å². The zero-order chi connectivity index (χ0) is 19.7. The van der Waals surface area contributed by atoms with Crippen molar-refractivity contribution in [2.75, 3.05) is 7.11 Å². The largest absolute Gasteiger partial charge is 0.343 e. The molecule has 2 unspecified atom stereocenters. The van der Waals surface area contributed by atoms with Gasteiger partial charge in [-0.25, -0.2) is 0 Å². The Labute approximate surface area is 151 Å². The van der Waals surface area contributed by atoms with E-state index in [0.717, 1.165) is 38.4 Å². The maximum Gasteiger partial charge on any atom is 0.343 e. The highest BCUT2D eigenvalue weighted by Gasteiger charge is 2.43. The molecule has 146 valence electrons. The van der Waals surface area contributed by atoms with Gasteiger partial charge >= 0.3 is 15.2 Å². The fourth-order valence-electron chi connectivity index (χ4n) is 2.23. The topological polar surface area (TPSA) is 104 Å². The summed E-state index contributed by atoms with van der Waals surface area (Å²) in [6, 6.07) is 0. The first-order valence-electron chi connectivity index (χ1n) is 8.28. The van der Waals surface area contributed by atoms with Crippen molar-refractivity contribution in [1.29, 1.82) is 0 Å². The van der Waals surface area contributed by atoms with Crippen molar-refractivity contribution < 1.29 is 28.3 Å². The first kappa shape index (κ1) is 24.5. The molecule has 0 heterocycles. The van der Waals surface area contributed by atoms with Crippen molar-refractivity contribution >= 4 is 15.2 Å². The van der Waals surface area contributed by atoms with E-state index in [-0.39, 0.29) is 6.42 Å². The number of allylic oxidation sites excluding steroid dienone is 6. The smallest absolute Gasteiger partial charge is 0.324 e. The lowest BCUT2D eigenvalue weighted by atomic mass is 10.1. The third-order valence-corrected chi connectivity index (χ3v) is 8.08. The Morgan fingerprint density at radius 3 is 1.84 bits per heavy atom. The Hall–Kier alpha value is -0.480. The van der Waals surface area contributed by atoms with Crippen molar-refractivity contribution in [2.24, 2.45) is 0 Å². The average Bonchev–Trinajstić information content (AvgIpc) is 2.45. The molecule has 0 aromatic rings. The van der Waals surface area contributed by atoms with Crippen LogP contribution in [0.15, 0.2) is 34.9 Å². The Balaban J connectivity index is 4.64. The van der Waals surface area contributed by atoms with Crippen LogP contribution in [0.5, 0.6) is 0 Å². The molecule has 8 heteroatoms. The minimum atomic E-state index is -4.73. The van der Waals surface area contributed by atoms with Gasteiger partial charge in [-0.3, -0.25) is 9.13 Å². The molecule has 3 N–H and O–H groups in total. The average molecular weight is 394 g/mol. The predicted molar refractivity (Wildman–Crippen MR) is 103 cm³/mol. The maximum atomic E-state index is 11.8. The van der Waals surface area contributed by atoms with E-state index in [1.807, 2.05) is 6.92 Å². The van der Waals surface area contributed by atoms with Crippen LogP contribution in [-0.2, 0) is 13.7 Å². The Kier molecular flexibility index (Phi) is 11.1. The van der Waals surface area contributed by atoms with Gasteiger partial charge in [-0.05, 0) is 59.8 Å². The third-order valence-electron chi connectivity index (χ3n) is 3.83. The fourth-order valence-corrected chi connectivity index (χ4v) is 5.03. The Bertz CT molecular complexity index is 596. The van der Waals surface area contributed by atoms with Gasteiger partial charge in [-0.1, -0.05) is 34.9 Å². The van der Waals surface area contributed by atoms with Crippen molar-refractivity contribution in [3.8, 4) is 0 Å². The van der Waals surface area contributed by atoms with Crippen molar-refractivity contribution in [3.05, 3.63) is 34.9 Å². The SMILES string of the molecule is COP(=O)(O)C(CC=C(C)CCC=C(C)CCC=C(C)C)P(=O)(O)O. The highest BCUT2D eigenvalue weighted by atomic mass is 31.2. The molecule has 0 aromatic heterocycles. The molecule has 0 saturated heterocycles. The van der Waals surface area contributed by atoms with Crippen LogP contribution < -0.4 is 0 Å². The number of hydrogen-bond acceptors (Lipinski definition) is 3. The van der Waals surface area contributed by atoms with Crippen LogP contribution in [0, 0.1) is 0 Å². The summed E-state index contributed by atoms with van der Waals surface area (Å²) in [7, 11) is -8.11. The van der Waals surface area contributed by atoms with Gasteiger partial charge in [0.1, 0.15) is 0 Å². The second kappa shape index (κ2) is 11.3. The molecule has 0 aliphatic rings. The first-order chi connectivity index (χ1) is 11.4. The standard InChI is InChI=1S/C17H32O6P2/c1-14(2)8-6-9-15(3)10-7-11-16(4)12-13-17(24(18,19)20)25(21,22)23-5/h8,10,12,17H,6-7,9,11,13H2,1-5H3,(H,21,22)(H2,18,19,20). The van der Waals surface area contributed by atoms with Crippen LogP contribution in [0.2, 0.25) is 0 Å². The van der Waals surface area contributed by atoms with E-state index in [0.29, 0.717) is 0 Å². The molecule has 0 spiro atoms. The van der Waals surface area contributed by atoms with Gasteiger partial charge in [0, 0.05) is 7.11 Å². The molecule has 0 amide bonds. The fraction of sp³-hybridized carbons (Fsp3) is 0.647. The number of rotatable bonds is 11. The molecular formula is C17H32O6P2. The summed E-state index contributed by atoms with van der Waals surface area (Å²) < 4.78 is 27.6. The van der Waals surface area contributed by atoms with Crippen molar-refractivity contribution in [1.82, 2.24) is 0 Å². The third kappa shape index (κ3) is 11.0. The van der Waals surface area contributed by atoms with E-state index in [2.05, 4.69) is 37.4 Å². The number of hydrogen-bond donors (Lipinski definition) is 3. The molecule has 0 bridgehead atoms. The molecule has 0 rings (SSSR count). The Morgan fingerprint density at radius 2 is 1.40 bits per heavy atom. The summed E-state index contributed by atoms with van der Waals surface area (Å²) in [6.07, 6.45) is 9.36. The summed E-state index contributed by atoms with van der Waals surface area (Å²) in [5.74, 6) is 0. The lowest BCUT2D eigenvalue weighted by Gasteiger charge is -2.21. The zero-order valence-corrected chi connectivity index (χ0v) is 17.6. The van der Waals surface area contributed by atoms with Crippen LogP contribution in [0.4, 0.5) is 0 Å². The van der Waals surface area contributed by atoms with Gasteiger partial charge in [0.2, 0.25) is 0 Å². The van der Waals surface area contributed by atoms with E-state index in [1.165, 1.54) is 11.1 Å². The van der Waals surface area contributed by atoms with Gasteiger partial charge < -0.3 is 19.2 Å². The summed E-state index contributed by atoms with van der Waals surface area (Å²) in [5.41, 5.74) is 3.53. The summed E-state index contributed by atoms with van der Waals surface area (Å²) in [4.78, 5) is 28.2. The normalized spacial score (nSPS) is 17.1. The molecule has 0 aromatic carbocycles. The van der Waals surface area contributed by atoms with Crippen LogP contribution in [-0.4, -0.2) is 27.2 Å². The second-order valence-corrected chi connectivity index (χ2v) is 10.8. The summed E-state index contributed by atoms with van der Waals surface area (Å²) in [5, 5.41) is -1.72. The van der Waals surface area contributed by atoms with Crippen molar-refractivity contribution in [2.45, 2.75) is 65.2 Å². The van der Waals surface area contributed by atoms with Crippen LogP contribution in [0.25, 0.3) is 0 Å².